The number of amides is 1. The number of para-hydroxylation sites is 1. The Bertz CT molecular complexity index is 542. The zero-order chi connectivity index (χ0) is 13.0. The maximum atomic E-state index is 12.2. The van der Waals surface area contributed by atoms with E-state index in [2.05, 4.69) is 10.4 Å². The lowest BCUT2D eigenvalue weighted by Gasteiger charge is -2.17. The molecule has 18 heavy (non-hydrogen) atoms. The van der Waals surface area contributed by atoms with E-state index in [1.165, 1.54) is 0 Å². The molecule has 92 valence electrons. The van der Waals surface area contributed by atoms with E-state index in [0.717, 1.165) is 5.69 Å². The average molecular weight is 242 g/mol. The minimum absolute atomic E-state index is 0.111. The Balaban J connectivity index is 2.25. The molecule has 1 aromatic heterocycles. The van der Waals surface area contributed by atoms with Crippen molar-refractivity contribution in [2.45, 2.75) is 0 Å². The molecule has 2 rings (SSSR count). The number of hydrogen-bond acceptors (Lipinski definition) is 4. The van der Waals surface area contributed by atoms with Crippen molar-refractivity contribution in [3.8, 4) is 0 Å². The standard InChI is InChI=1S/C13H14N4O/c1-17(11-5-3-2-4-6-11)13(18)10-7-8-15-12(9-10)16-14/h2-9H,14H2,1H3,(H,15,16). The molecule has 0 saturated carbocycles. The first-order valence-corrected chi connectivity index (χ1v) is 5.48. The lowest BCUT2D eigenvalue weighted by atomic mass is 10.2. The van der Waals surface area contributed by atoms with Crippen LogP contribution in [0.2, 0.25) is 0 Å². The highest BCUT2D eigenvalue weighted by Gasteiger charge is 2.13. The topological polar surface area (TPSA) is 71.2 Å². The van der Waals surface area contributed by atoms with Gasteiger partial charge in [-0.15, -0.1) is 0 Å². The largest absolute Gasteiger partial charge is 0.311 e. The monoisotopic (exact) mass is 242 g/mol. The van der Waals surface area contributed by atoms with Crippen LogP contribution in [0.4, 0.5) is 11.5 Å². The summed E-state index contributed by atoms with van der Waals surface area (Å²) in [6.45, 7) is 0. The van der Waals surface area contributed by atoms with Gasteiger partial charge >= 0.3 is 0 Å². The third kappa shape index (κ3) is 2.46. The van der Waals surface area contributed by atoms with Crippen molar-refractivity contribution in [1.82, 2.24) is 4.98 Å². The third-order valence-corrected chi connectivity index (χ3v) is 2.60. The number of benzene rings is 1. The van der Waals surface area contributed by atoms with Gasteiger partial charge in [0.1, 0.15) is 5.82 Å². The number of carbonyl (C=O) groups excluding carboxylic acids is 1. The number of hydrogen-bond donors (Lipinski definition) is 2. The van der Waals surface area contributed by atoms with E-state index in [4.69, 9.17) is 5.84 Å². The van der Waals surface area contributed by atoms with Gasteiger partial charge in [-0.1, -0.05) is 18.2 Å². The molecule has 0 bridgehead atoms. The summed E-state index contributed by atoms with van der Waals surface area (Å²) in [5, 5.41) is 0. The molecule has 1 amide bonds. The Morgan fingerprint density at radius 3 is 2.67 bits per heavy atom. The number of nitrogen functional groups attached to an aromatic ring is 1. The first-order chi connectivity index (χ1) is 8.72. The molecular weight excluding hydrogens is 228 g/mol. The molecular formula is C13H14N4O. The van der Waals surface area contributed by atoms with Crippen molar-refractivity contribution in [1.29, 1.82) is 0 Å². The molecule has 5 nitrogen and oxygen atoms in total. The van der Waals surface area contributed by atoms with Crippen molar-refractivity contribution < 1.29 is 4.79 Å². The number of nitrogens with zero attached hydrogens (tertiary/aromatic N) is 2. The summed E-state index contributed by atoms with van der Waals surface area (Å²) in [5.74, 6) is 5.62. The van der Waals surface area contributed by atoms with Gasteiger partial charge in [0.2, 0.25) is 0 Å². The maximum absolute atomic E-state index is 12.2. The predicted molar refractivity (Wildman–Crippen MR) is 71.2 cm³/mol. The quantitative estimate of drug-likeness (QED) is 0.634. The van der Waals surface area contributed by atoms with Crippen molar-refractivity contribution in [3.05, 3.63) is 54.2 Å². The molecule has 1 heterocycles. The first-order valence-electron chi connectivity index (χ1n) is 5.48. The highest BCUT2D eigenvalue weighted by molar-refractivity contribution is 6.06. The lowest BCUT2D eigenvalue weighted by molar-refractivity contribution is 0.0993. The molecule has 0 aliphatic heterocycles. The van der Waals surface area contributed by atoms with Crippen molar-refractivity contribution >= 4 is 17.4 Å². The summed E-state index contributed by atoms with van der Waals surface area (Å²) in [6.07, 6.45) is 1.54. The second-order valence-electron chi connectivity index (χ2n) is 3.77. The Morgan fingerprint density at radius 2 is 2.00 bits per heavy atom. The highest BCUT2D eigenvalue weighted by atomic mass is 16.2. The number of nitrogens with two attached hydrogens (primary N) is 1. The van der Waals surface area contributed by atoms with Gasteiger partial charge in [0.05, 0.1) is 0 Å². The van der Waals surface area contributed by atoms with E-state index in [1.807, 2.05) is 30.3 Å². The van der Waals surface area contributed by atoms with Crippen LogP contribution in [0.5, 0.6) is 0 Å². The smallest absolute Gasteiger partial charge is 0.258 e. The molecule has 0 atom stereocenters. The highest BCUT2D eigenvalue weighted by Crippen LogP contribution is 2.15. The normalized spacial score (nSPS) is 9.89. The number of hydrazine groups is 1. The fourth-order valence-electron chi connectivity index (χ4n) is 1.61. The van der Waals surface area contributed by atoms with Crippen LogP contribution < -0.4 is 16.2 Å². The Kier molecular flexibility index (Phi) is 3.54. The van der Waals surface area contributed by atoms with Gasteiger partial charge in [0, 0.05) is 24.5 Å². The molecule has 0 radical (unpaired) electrons. The van der Waals surface area contributed by atoms with Crippen LogP contribution in [0.15, 0.2) is 48.7 Å². The summed E-state index contributed by atoms with van der Waals surface area (Å²) in [6, 6.07) is 12.7. The SMILES string of the molecule is CN(C(=O)c1ccnc(NN)c1)c1ccccc1. The van der Waals surface area contributed by atoms with Gasteiger partial charge in [0.15, 0.2) is 0 Å². The Labute approximate surface area is 105 Å². The second-order valence-corrected chi connectivity index (χ2v) is 3.77. The fourth-order valence-corrected chi connectivity index (χ4v) is 1.61. The van der Waals surface area contributed by atoms with Crippen molar-refractivity contribution in [2.75, 3.05) is 17.4 Å². The summed E-state index contributed by atoms with van der Waals surface area (Å²) >= 11 is 0. The lowest BCUT2D eigenvalue weighted by Crippen LogP contribution is -2.26. The van der Waals surface area contributed by atoms with E-state index in [1.54, 1.807) is 30.3 Å². The number of rotatable bonds is 3. The van der Waals surface area contributed by atoms with Crippen LogP contribution in [-0.2, 0) is 0 Å². The Hall–Kier alpha value is -2.40. The van der Waals surface area contributed by atoms with E-state index in [-0.39, 0.29) is 5.91 Å². The Morgan fingerprint density at radius 1 is 1.28 bits per heavy atom. The van der Waals surface area contributed by atoms with Crippen LogP contribution >= 0.6 is 0 Å². The molecule has 5 heteroatoms. The zero-order valence-electron chi connectivity index (χ0n) is 10.00. The van der Waals surface area contributed by atoms with Gasteiger partial charge in [-0.25, -0.2) is 10.8 Å². The molecule has 0 saturated heterocycles. The van der Waals surface area contributed by atoms with Crippen LogP contribution in [0.1, 0.15) is 10.4 Å². The summed E-state index contributed by atoms with van der Waals surface area (Å²) in [4.78, 5) is 17.8. The second kappa shape index (κ2) is 5.29. The van der Waals surface area contributed by atoms with Gasteiger partial charge in [-0.2, -0.15) is 0 Å². The number of carbonyl (C=O) groups is 1. The first kappa shape index (κ1) is 12.1. The van der Waals surface area contributed by atoms with E-state index in [0.29, 0.717) is 11.4 Å². The molecule has 3 N–H and O–H groups in total. The van der Waals surface area contributed by atoms with Gasteiger partial charge < -0.3 is 10.3 Å². The zero-order valence-corrected chi connectivity index (χ0v) is 10.00. The molecule has 0 unspecified atom stereocenters. The van der Waals surface area contributed by atoms with Crippen LogP contribution in [-0.4, -0.2) is 17.9 Å². The maximum Gasteiger partial charge on any atom is 0.258 e. The number of anilines is 2. The van der Waals surface area contributed by atoms with Crippen LogP contribution in [0.3, 0.4) is 0 Å². The molecule has 0 aliphatic rings. The van der Waals surface area contributed by atoms with Crippen molar-refractivity contribution in [2.24, 2.45) is 5.84 Å². The molecule has 0 fully saturated rings. The summed E-state index contributed by atoms with van der Waals surface area (Å²) in [7, 11) is 1.73. The van der Waals surface area contributed by atoms with Crippen LogP contribution in [0.25, 0.3) is 0 Å². The number of nitrogens with one attached hydrogen (secondary N) is 1. The number of aromatic nitrogens is 1. The fraction of sp³-hybridized carbons (Fsp3) is 0.0769. The average Bonchev–Trinajstić information content (AvgIpc) is 2.46. The van der Waals surface area contributed by atoms with Gasteiger partial charge in [0.25, 0.3) is 5.91 Å². The van der Waals surface area contributed by atoms with Gasteiger partial charge in [-0.3, -0.25) is 4.79 Å². The van der Waals surface area contributed by atoms with E-state index in [9.17, 15) is 4.79 Å². The molecule has 2 aromatic rings. The summed E-state index contributed by atoms with van der Waals surface area (Å²) < 4.78 is 0. The minimum atomic E-state index is -0.111. The molecule has 0 spiro atoms. The molecule has 1 aromatic carbocycles. The van der Waals surface area contributed by atoms with Crippen LogP contribution in [0, 0.1) is 0 Å². The number of pyridine rings is 1. The van der Waals surface area contributed by atoms with Gasteiger partial charge in [-0.05, 0) is 24.3 Å². The predicted octanol–water partition coefficient (Wildman–Crippen LogP) is 1.64. The third-order valence-electron chi connectivity index (χ3n) is 2.60. The molecule has 0 aliphatic carbocycles. The van der Waals surface area contributed by atoms with E-state index >= 15 is 0 Å². The van der Waals surface area contributed by atoms with E-state index < -0.39 is 0 Å². The van der Waals surface area contributed by atoms with Crippen molar-refractivity contribution in [3.63, 3.8) is 0 Å². The minimum Gasteiger partial charge on any atom is -0.311 e. The summed E-state index contributed by atoms with van der Waals surface area (Å²) in [5.41, 5.74) is 3.79.